The van der Waals surface area contributed by atoms with Crippen LogP contribution in [0, 0.1) is 6.92 Å². The lowest BCUT2D eigenvalue weighted by molar-refractivity contribution is 0.0981. The first-order valence-corrected chi connectivity index (χ1v) is 15.0. The Morgan fingerprint density at radius 3 is 2.25 bits per heavy atom. The fourth-order valence-corrected chi connectivity index (χ4v) is 6.02. The van der Waals surface area contributed by atoms with E-state index in [1.807, 2.05) is 98.8 Å². The molecule has 0 aliphatic heterocycles. The molecule has 4 aromatic carbocycles. The van der Waals surface area contributed by atoms with Gasteiger partial charge >= 0.3 is 0 Å². The van der Waals surface area contributed by atoms with E-state index in [9.17, 15) is 9.59 Å². The smallest absolute Gasteiger partial charge is 0.193 e. The first kappa shape index (κ1) is 28.2. The number of fused-ring (bicyclic) bond motifs is 3. The van der Waals surface area contributed by atoms with Crippen LogP contribution >= 0.6 is 23.4 Å². The van der Waals surface area contributed by atoms with Gasteiger partial charge in [0.15, 0.2) is 11.6 Å². The van der Waals surface area contributed by atoms with Crippen LogP contribution in [-0.2, 0) is 11.3 Å². The third-order valence-corrected chi connectivity index (χ3v) is 8.48. The molecule has 0 aliphatic rings. The Kier molecular flexibility index (Phi) is 9.05. The summed E-state index contributed by atoms with van der Waals surface area (Å²) in [5, 5.41) is 2.67. The molecule has 0 fully saturated rings. The van der Waals surface area contributed by atoms with Crippen LogP contribution in [-0.4, -0.2) is 35.1 Å². The number of ether oxygens (including phenoxy) is 1. The van der Waals surface area contributed by atoms with Crippen molar-refractivity contribution >= 4 is 56.7 Å². The minimum absolute atomic E-state index is 0.000588. The summed E-state index contributed by atoms with van der Waals surface area (Å²) in [7, 11) is 0. The predicted molar refractivity (Wildman–Crippen MR) is 166 cm³/mol. The van der Waals surface area contributed by atoms with E-state index in [4.69, 9.17) is 16.3 Å². The fraction of sp³-hybridized carbons (Fsp3) is 0.235. The van der Waals surface area contributed by atoms with E-state index < -0.39 is 0 Å². The van der Waals surface area contributed by atoms with Crippen molar-refractivity contribution in [3.8, 4) is 0 Å². The number of thioether (sulfide) groups is 1. The predicted octanol–water partition coefficient (Wildman–Crippen LogP) is 8.78. The van der Waals surface area contributed by atoms with Crippen molar-refractivity contribution in [2.75, 3.05) is 19.0 Å². The quantitative estimate of drug-likeness (QED) is 0.0855. The van der Waals surface area contributed by atoms with Gasteiger partial charge in [0.1, 0.15) is 0 Å². The molecule has 0 atom stereocenters. The van der Waals surface area contributed by atoms with Crippen molar-refractivity contribution in [1.82, 2.24) is 4.57 Å². The SMILES string of the molecule is CCOCCn1c2ccc(C(=O)CCCSc3ccc(Cl)cc3)cc2c2cc(C(=O)c3ccccc3C)ccc21. The van der Waals surface area contributed by atoms with E-state index in [1.165, 1.54) is 0 Å². The van der Waals surface area contributed by atoms with Crippen molar-refractivity contribution in [3.63, 3.8) is 0 Å². The van der Waals surface area contributed by atoms with Crippen LogP contribution in [0.3, 0.4) is 0 Å². The molecule has 0 radical (unpaired) electrons. The van der Waals surface area contributed by atoms with Gasteiger partial charge < -0.3 is 9.30 Å². The number of hydrogen-bond donors (Lipinski definition) is 0. The zero-order valence-electron chi connectivity index (χ0n) is 22.8. The number of carbonyl (C=O) groups excluding carboxylic acids is 2. The molecule has 5 aromatic rings. The molecule has 0 N–H and O–H groups in total. The number of aryl methyl sites for hydroxylation is 1. The van der Waals surface area contributed by atoms with Gasteiger partial charge in [-0.3, -0.25) is 9.59 Å². The maximum absolute atomic E-state index is 13.4. The fourth-order valence-electron chi connectivity index (χ4n) is 5.04. The number of halogens is 1. The second kappa shape index (κ2) is 12.9. The van der Waals surface area contributed by atoms with Gasteiger partial charge in [-0.25, -0.2) is 0 Å². The van der Waals surface area contributed by atoms with Crippen molar-refractivity contribution in [3.05, 3.63) is 112 Å². The first-order chi connectivity index (χ1) is 19.5. The number of rotatable bonds is 12. The Morgan fingerprint density at radius 2 is 1.55 bits per heavy atom. The molecule has 0 aliphatic carbocycles. The molecule has 0 saturated heterocycles. The van der Waals surface area contributed by atoms with Crippen molar-refractivity contribution in [2.24, 2.45) is 0 Å². The van der Waals surface area contributed by atoms with Gasteiger partial charge in [-0.1, -0.05) is 35.9 Å². The molecule has 0 unspecified atom stereocenters. The summed E-state index contributed by atoms with van der Waals surface area (Å²) in [4.78, 5) is 27.8. The number of benzene rings is 4. The highest BCUT2D eigenvalue weighted by atomic mass is 35.5. The van der Waals surface area contributed by atoms with E-state index in [0.29, 0.717) is 42.9 Å². The van der Waals surface area contributed by atoms with Crippen LogP contribution in [0.2, 0.25) is 5.02 Å². The summed E-state index contributed by atoms with van der Waals surface area (Å²) in [6, 6.07) is 27.3. The number of Topliss-reactive ketones (excluding diaryl/α,β-unsaturated/α-hetero) is 1. The van der Waals surface area contributed by atoms with Crippen LogP contribution in [0.5, 0.6) is 0 Å². The van der Waals surface area contributed by atoms with Gasteiger partial charge in [0, 0.05) is 68.0 Å². The second-order valence-corrected chi connectivity index (χ2v) is 11.4. The molecule has 0 spiro atoms. The summed E-state index contributed by atoms with van der Waals surface area (Å²) in [6.45, 7) is 5.87. The summed E-state index contributed by atoms with van der Waals surface area (Å²) < 4.78 is 7.88. The number of nitrogens with zero attached hydrogens (tertiary/aromatic N) is 1. The van der Waals surface area contributed by atoms with E-state index in [2.05, 4.69) is 4.57 Å². The van der Waals surface area contributed by atoms with Crippen molar-refractivity contribution in [2.45, 2.75) is 38.1 Å². The van der Waals surface area contributed by atoms with Crippen molar-refractivity contribution < 1.29 is 14.3 Å². The molecule has 1 aromatic heterocycles. The maximum atomic E-state index is 13.4. The summed E-state index contributed by atoms with van der Waals surface area (Å²) in [5.74, 6) is 0.984. The molecular formula is C34H32ClNO3S. The number of aromatic nitrogens is 1. The topological polar surface area (TPSA) is 48.3 Å². The largest absolute Gasteiger partial charge is 0.380 e. The Hall–Kier alpha value is -3.38. The van der Waals surface area contributed by atoms with Gasteiger partial charge in [0.25, 0.3) is 0 Å². The minimum atomic E-state index is 0.000588. The lowest BCUT2D eigenvalue weighted by Crippen LogP contribution is -2.06. The Labute approximate surface area is 244 Å². The molecule has 0 bridgehead atoms. The molecule has 0 amide bonds. The van der Waals surface area contributed by atoms with Gasteiger partial charge in [-0.05, 0) is 92.2 Å². The second-order valence-electron chi connectivity index (χ2n) is 9.79. The highest BCUT2D eigenvalue weighted by Crippen LogP contribution is 2.32. The van der Waals surface area contributed by atoms with E-state index >= 15 is 0 Å². The van der Waals surface area contributed by atoms with Crippen molar-refractivity contribution in [1.29, 1.82) is 0 Å². The molecule has 204 valence electrons. The number of hydrogen-bond acceptors (Lipinski definition) is 4. The normalized spacial score (nSPS) is 11.4. The maximum Gasteiger partial charge on any atom is 0.193 e. The third-order valence-electron chi connectivity index (χ3n) is 7.13. The van der Waals surface area contributed by atoms with Gasteiger partial charge in [-0.15, -0.1) is 11.8 Å². The first-order valence-electron chi connectivity index (χ1n) is 13.6. The van der Waals surface area contributed by atoms with Crippen LogP contribution in [0.15, 0.2) is 89.8 Å². The summed E-state index contributed by atoms with van der Waals surface area (Å²) in [5.41, 5.74) is 5.05. The molecule has 6 heteroatoms. The van der Waals surface area contributed by atoms with Gasteiger partial charge in [-0.2, -0.15) is 0 Å². The Balaban J connectivity index is 1.43. The average Bonchev–Trinajstić information content (AvgIpc) is 3.28. The van der Waals surface area contributed by atoms with Crippen LogP contribution in [0.25, 0.3) is 21.8 Å². The molecular weight excluding hydrogens is 538 g/mol. The molecule has 5 rings (SSSR count). The van der Waals surface area contributed by atoms with Gasteiger partial charge in [0.2, 0.25) is 0 Å². The zero-order valence-corrected chi connectivity index (χ0v) is 24.4. The molecule has 0 saturated carbocycles. The van der Waals surface area contributed by atoms with E-state index in [-0.39, 0.29) is 11.6 Å². The van der Waals surface area contributed by atoms with Crippen LogP contribution in [0.4, 0.5) is 0 Å². The third kappa shape index (κ3) is 6.17. The van der Waals surface area contributed by atoms with Crippen LogP contribution < -0.4 is 0 Å². The van der Waals surface area contributed by atoms with Crippen LogP contribution in [0.1, 0.15) is 51.6 Å². The number of carbonyl (C=O) groups is 2. The average molecular weight is 570 g/mol. The lowest BCUT2D eigenvalue weighted by Gasteiger charge is -2.09. The Morgan fingerprint density at radius 1 is 0.875 bits per heavy atom. The molecule has 40 heavy (non-hydrogen) atoms. The highest BCUT2D eigenvalue weighted by Gasteiger charge is 2.17. The van der Waals surface area contributed by atoms with E-state index in [1.54, 1.807) is 11.8 Å². The Bertz CT molecular complexity index is 1670. The van der Waals surface area contributed by atoms with E-state index in [0.717, 1.165) is 49.5 Å². The lowest BCUT2D eigenvalue weighted by atomic mass is 9.97. The highest BCUT2D eigenvalue weighted by molar-refractivity contribution is 7.99. The monoisotopic (exact) mass is 569 g/mol. The molecule has 1 heterocycles. The zero-order chi connectivity index (χ0) is 28.1. The summed E-state index contributed by atoms with van der Waals surface area (Å²) in [6.07, 6.45) is 1.27. The summed E-state index contributed by atoms with van der Waals surface area (Å²) >= 11 is 7.70. The number of ketones is 2. The standard InChI is InChI=1S/C34H32ClNO3S/c1-3-39-19-18-36-31-16-10-24(33(37)9-6-20-40-27-14-12-26(35)13-15-27)21-29(31)30-22-25(11-17-32(30)36)34(38)28-8-5-4-7-23(28)2/h4-5,7-8,10-17,21-22H,3,6,9,18-20H2,1-2H3. The minimum Gasteiger partial charge on any atom is -0.380 e. The molecule has 4 nitrogen and oxygen atoms in total. The van der Waals surface area contributed by atoms with Gasteiger partial charge in [0.05, 0.1) is 6.61 Å².